The molecule has 0 spiro atoms. The van der Waals surface area contributed by atoms with Crippen LogP contribution >= 0.6 is 0 Å². The molecule has 0 bridgehead atoms. The Morgan fingerprint density at radius 1 is 1.58 bits per heavy atom. The third-order valence-electron chi connectivity index (χ3n) is 2.64. The normalized spacial score (nSPS) is 24.2. The Morgan fingerprint density at radius 3 is 2.67 bits per heavy atom. The Balaban J connectivity index is 2.49. The Bertz CT molecular complexity index is 165. The predicted molar refractivity (Wildman–Crippen MR) is 49.8 cm³/mol. The lowest BCUT2D eigenvalue weighted by Crippen LogP contribution is -2.29. The number of nitrogens with zero attached hydrogens (tertiary/aromatic N) is 1. The first-order valence-electron chi connectivity index (χ1n) is 4.95. The standard InChI is InChI=1S/C10H19NO/c1-4-6-11-7-5-9(8(2)3)10(11)12/h8-9H,4-7H2,1-3H3. The molecule has 1 saturated heterocycles. The van der Waals surface area contributed by atoms with Crippen LogP contribution in [0.2, 0.25) is 0 Å². The van der Waals surface area contributed by atoms with E-state index in [1.165, 1.54) is 0 Å². The van der Waals surface area contributed by atoms with E-state index in [-0.39, 0.29) is 0 Å². The molecule has 70 valence electrons. The van der Waals surface area contributed by atoms with Gasteiger partial charge < -0.3 is 4.90 Å². The van der Waals surface area contributed by atoms with Gasteiger partial charge in [-0.1, -0.05) is 20.8 Å². The molecule has 1 unspecified atom stereocenters. The molecule has 0 aliphatic carbocycles. The fraction of sp³-hybridized carbons (Fsp3) is 0.900. The number of rotatable bonds is 3. The van der Waals surface area contributed by atoms with Gasteiger partial charge in [0, 0.05) is 19.0 Å². The molecular weight excluding hydrogens is 150 g/mol. The zero-order valence-electron chi connectivity index (χ0n) is 8.34. The van der Waals surface area contributed by atoms with Crippen molar-refractivity contribution in [2.45, 2.75) is 33.6 Å². The summed E-state index contributed by atoms with van der Waals surface area (Å²) in [5.74, 6) is 1.20. The molecule has 2 nitrogen and oxygen atoms in total. The van der Waals surface area contributed by atoms with E-state index >= 15 is 0 Å². The summed E-state index contributed by atoms with van der Waals surface area (Å²) in [6.45, 7) is 8.32. The minimum Gasteiger partial charge on any atom is -0.342 e. The maximum Gasteiger partial charge on any atom is 0.226 e. The van der Waals surface area contributed by atoms with Crippen LogP contribution in [0.3, 0.4) is 0 Å². The Hall–Kier alpha value is -0.530. The summed E-state index contributed by atoms with van der Waals surface area (Å²) < 4.78 is 0. The summed E-state index contributed by atoms with van der Waals surface area (Å²) in [7, 11) is 0. The van der Waals surface area contributed by atoms with Gasteiger partial charge >= 0.3 is 0 Å². The summed E-state index contributed by atoms with van der Waals surface area (Å²) in [4.78, 5) is 13.7. The van der Waals surface area contributed by atoms with Crippen LogP contribution in [0.4, 0.5) is 0 Å². The molecule has 0 saturated carbocycles. The van der Waals surface area contributed by atoms with Crippen LogP contribution in [0.15, 0.2) is 0 Å². The van der Waals surface area contributed by atoms with Gasteiger partial charge in [-0.05, 0) is 18.8 Å². The van der Waals surface area contributed by atoms with E-state index in [0.29, 0.717) is 17.7 Å². The monoisotopic (exact) mass is 169 g/mol. The molecule has 1 heterocycles. The number of carbonyl (C=O) groups is 1. The zero-order valence-corrected chi connectivity index (χ0v) is 8.34. The van der Waals surface area contributed by atoms with E-state index in [0.717, 1.165) is 25.9 Å². The van der Waals surface area contributed by atoms with Crippen LogP contribution in [0.25, 0.3) is 0 Å². The molecule has 0 radical (unpaired) electrons. The maximum absolute atomic E-state index is 11.7. The zero-order chi connectivity index (χ0) is 9.14. The van der Waals surface area contributed by atoms with Gasteiger partial charge in [0.15, 0.2) is 0 Å². The van der Waals surface area contributed by atoms with Crippen LogP contribution in [0.1, 0.15) is 33.6 Å². The topological polar surface area (TPSA) is 20.3 Å². The highest BCUT2D eigenvalue weighted by atomic mass is 16.2. The van der Waals surface area contributed by atoms with Gasteiger partial charge in [0.25, 0.3) is 0 Å². The average molecular weight is 169 g/mol. The van der Waals surface area contributed by atoms with Crippen molar-refractivity contribution in [3.63, 3.8) is 0 Å². The highest BCUT2D eigenvalue weighted by Crippen LogP contribution is 2.24. The molecule has 0 N–H and O–H groups in total. The quantitative estimate of drug-likeness (QED) is 0.632. The highest BCUT2D eigenvalue weighted by molar-refractivity contribution is 5.81. The van der Waals surface area contributed by atoms with E-state index in [4.69, 9.17) is 0 Å². The van der Waals surface area contributed by atoms with Crippen molar-refractivity contribution < 1.29 is 4.79 Å². The second-order valence-corrected chi connectivity index (χ2v) is 3.96. The molecule has 1 aliphatic heterocycles. The first kappa shape index (κ1) is 9.56. The third kappa shape index (κ3) is 1.79. The Morgan fingerprint density at radius 2 is 2.25 bits per heavy atom. The fourth-order valence-corrected chi connectivity index (χ4v) is 1.87. The number of amides is 1. The summed E-state index contributed by atoms with van der Waals surface area (Å²) >= 11 is 0. The Labute approximate surface area is 74.9 Å². The molecule has 1 atom stereocenters. The largest absolute Gasteiger partial charge is 0.342 e. The van der Waals surface area contributed by atoms with Crippen LogP contribution < -0.4 is 0 Å². The van der Waals surface area contributed by atoms with E-state index < -0.39 is 0 Å². The molecule has 1 amide bonds. The predicted octanol–water partition coefficient (Wildman–Crippen LogP) is 1.90. The SMILES string of the molecule is CCCN1CCC(C(C)C)C1=O. The van der Waals surface area contributed by atoms with Gasteiger partial charge in [-0.2, -0.15) is 0 Å². The summed E-state index contributed by atoms with van der Waals surface area (Å²) in [5.41, 5.74) is 0. The van der Waals surface area contributed by atoms with E-state index in [1.54, 1.807) is 0 Å². The molecule has 12 heavy (non-hydrogen) atoms. The average Bonchev–Trinajstić information content (AvgIpc) is 2.34. The van der Waals surface area contributed by atoms with Crippen molar-refractivity contribution in [1.29, 1.82) is 0 Å². The van der Waals surface area contributed by atoms with Crippen molar-refractivity contribution >= 4 is 5.91 Å². The minimum atomic E-state index is 0.302. The summed E-state index contributed by atoms with van der Waals surface area (Å²) in [5, 5.41) is 0. The number of carbonyl (C=O) groups excluding carboxylic acids is 1. The van der Waals surface area contributed by atoms with Gasteiger partial charge in [-0.3, -0.25) is 4.79 Å². The smallest absolute Gasteiger partial charge is 0.226 e. The van der Waals surface area contributed by atoms with E-state index in [1.807, 2.05) is 4.90 Å². The van der Waals surface area contributed by atoms with E-state index in [2.05, 4.69) is 20.8 Å². The lowest BCUT2D eigenvalue weighted by molar-refractivity contribution is -0.132. The van der Waals surface area contributed by atoms with Gasteiger partial charge in [0.2, 0.25) is 5.91 Å². The van der Waals surface area contributed by atoms with E-state index in [9.17, 15) is 4.79 Å². The minimum absolute atomic E-state index is 0.302. The molecular formula is C10H19NO. The maximum atomic E-state index is 11.7. The summed E-state index contributed by atoms with van der Waals surface area (Å²) in [6.07, 6.45) is 2.15. The first-order valence-corrected chi connectivity index (χ1v) is 4.95. The fourth-order valence-electron chi connectivity index (χ4n) is 1.87. The van der Waals surface area contributed by atoms with Crippen molar-refractivity contribution in [3.05, 3.63) is 0 Å². The third-order valence-corrected chi connectivity index (χ3v) is 2.64. The number of hydrogen-bond donors (Lipinski definition) is 0. The van der Waals surface area contributed by atoms with Crippen molar-refractivity contribution in [2.24, 2.45) is 11.8 Å². The molecule has 1 fully saturated rings. The molecule has 0 aromatic carbocycles. The highest BCUT2D eigenvalue weighted by Gasteiger charge is 2.32. The van der Waals surface area contributed by atoms with Gasteiger partial charge in [0.1, 0.15) is 0 Å². The lowest BCUT2D eigenvalue weighted by Gasteiger charge is -2.16. The van der Waals surface area contributed by atoms with Gasteiger partial charge in [0.05, 0.1) is 0 Å². The summed E-state index contributed by atoms with van der Waals surface area (Å²) in [6, 6.07) is 0. The second-order valence-electron chi connectivity index (χ2n) is 3.96. The van der Waals surface area contributed by atoms with Crippen LogP contribution in [-0.4, -0.2) is 23.9 Å². The van der Waals surface area contributed by atoms with Crippen molar-refractivity contribution in [2.75, 3.05) is 13.1 Å². The molecule has 2 heteroatoms. The van der Waals surface area contributed by atoms with Gasteiger partial charge in [-0.25, -0.2) is 0 Å². The van der Waals surface area contributed by atoms with Crippen LogP contribution in [0, 0.1) is 11.8 Å². The van der Waals surface area contributed by atoms with Crippen LogP contribution in [0.5, 0.6) is 0 Å². The molecule has 0 aromatic heterocycles. The molecule has 0 aromatic rings. The van der Waals surface area contributed by atoms with Crippen molar-refractivity contribution in [1.82, 2.24) is 4.90 Å². The first-order chi connectivity index (χ1) is 5.66. The Kier molecular flexibility index (Phi) is 3.12. The second kappa shape index (κ2) is 3.92. The van der Waals surface area contributed by atoms with Crippen LogP contribution in [-0.2, 0) is 4.79 Å². The lowest BCUT2D eigenvalue weighted by atomic mass is 9.95. The molecule has 1 aliphatic rings. The van der Waals surface area contributed by atoms with Crippen molar-refractivity contribution in [3.8, 4) is 0 Å². The number of hydrogen-bond acceptors (Lipinski definition) is 1. The number of likely N-dealkylation sites (tertiary alicyclic amines) is 1. The van der Waals surface area contributed by atoms with Gasteiger partial charge in [-0.15, -0.1) is 0 Å². The molecule has 1 rings (SSSR count).